The Morgan fingerprint density at radius 1 is 1.10 bits per heavy atom. The Bertz CT molecular complexity index is 916. The lowest BCUT2D eigenvalue weighted by molar-refractivity contribution is -0.117. The highest BCUT2D eigenvalue weighted by Gasteiger charge is 2.28. The van der Waals surface area contributed by atoms with Crippen molar-refractivity contribution < 1.29 is 9.59 Å². The number of nitrogens with one attached hydrogen (secondary N) is 2. The van der Waals surface area contributed by atoms with Crippen molar-refractivity contribution in [3.05, 3.63) is 45.8 Å². The van der Waals surface area contributed by atoms with Crippen LogP contribution in [-0.4, -0.2) is 61.4 Å². The van der Waals surface area contributed by atoms with Crippen molar-refractivity contribution in [1.29, 1.82) is 0 Å². The minimum absolute atomic E-state index is 0.0425. The van der Waals surface area contributed by atoms with E-state index in [2.05, 4.69) is 27.5 Å². The van der Waals surface area contributed by atoms with Crippen LogP contribution in [0.3, 0.4) is 0 Å². The topological polar surface area (TPSA) is 64.7 Å². The number of likely N-dealkylation sites (N-methyl/N-ethyl adjacent to an activating group) is 1. The Kier molecular flexibility index (Phi) is 5.99. The van der Waals surface area contributed by atoms with Crippen LogP contribution >= 0.6 is 11.3 Å². The summed E-state index contributed by atoms with van der Waals surface area (Å²) in [5.74, 6) is -0.177. The highest BCUT2D eigenvalue weighted by molar-refractivity contribution is 7.17. The van der Waals surface area contributed by atoms with Crippen molar-refractivity contribution >= 4 is 33.8 Å². The van der Waals surface area contributed by atoms with Gasteiger partial charge in [-0.2, -0.15) is 0 Å². The van der Waals surface area contributed by atoms with Crippen molar-refractivity contribution in [3.63, 3.8) is 0 Å². The molecule has 2 N–H and O–H groups in total. The Morgan fingerprint density at radius 2 is 1.90 bits per heavy atom. The lowest BCUT2D eigenvalue weighted by Crippen LogP contribution is -2.47. The van der Waals surface area contributed by atoms with E-state index in [4.69, 9.17) is 0 Å². The highest BCUT2D eigenvalue weighted by atomic mass is 32.1. The van der Waals surface area contributed by atoms with Gasteiger partial charge in [0.2, 0.25) is 5.91 Å². The van der Waals surface area contributed by atoms with Gasteiger partial charge in [0, 0.05) is 36.7 Å². The number of aryl methyl sites for hydroxylation is 2. The van der Waals surface area contributed by atoms with Crippen LogP contribution in [-0.2, 0) is 17.6 Å². The average molecular weight is 413 g/mol. The van der Waals surface area contributed by atoms with E-state index >= 15 is 0 Å². The van der Waals surface area contributed by atoms with Gasteiger partial charge in [-0.15, -0.1) is 11.3 Å². The second-order valence-electron chi connectivity index (χ2n) is 8.01. The van der Waals surface area contributed by atoms with E-state index < -0.39 is 0 Å². The largest absolute Gasteiger partial charge is 0.322 e. The Morgan fingerprint density at radius 3 is 2.66 bits per heavy atom. The van der Waals surface area contributed by atoms with Gasteiger partial charge >= 0.3 is 0 Å². The zero-order valence-corrected chi connectivity index (χ0v) is 17.9. The molecule has 6 nitrogen and oxygen atoms in total. The molecule has 29 heavy (non-hydrogen) atoms. The summed E-state index contributed by atoms with van der Waals surface area (Å²) < 4.78 is 0. The predicted octanol–water partition coefficient (Wildman–Crippen LogP) is 2.98. The maximum Gasteiger partial charge on any atom is 0.258 e. The van der Waals surface area contributed by atoms with Crippen LogP contribution in [0.25, 0.3) is 0 Å². The first-order valence-corrected chi connectivity index (χ1v) is 11.0. The molecule has 2 heterocycles. The molecule has 0 spiro atoms. The van der Waals surface area contributed by atoms with E-state index in [9.17, 15) is 9.59 Å². The van der Waals surface area contributed by atoms with E-state index in [1.165, 1.54) is 4.88 Å². The zero-order chi connectivity index (χ0) is 20.4. The van der Waals surface area contributed by atoms with Gasteiger partial charge in [-0.1, -0.05) is 12.1 Å². The molecule has 0 bridgehead atoms. The van der Waals surface area contributed by atoms with E-state index in [0.717, 1.165) is 62.3 Å². The lowest BCUT2D eigenvalue weighted by Gasteiger charge is -2.31. The first-order chi connectivity index (χ1) is 14.0. The summed E-state index contributed by atoms with van der Waals surface area (Å²) in [4.78, 5) is 31.4. The molecule has 0 saturated carbocycles. The van der Waals surface area contributed by atoms with Crippen LogP contribution in [0, 0.1) is 6.92 Å². The van der Waals surface area contributed by atoms with E-state index in [1.807, 2.05) is 31.2 Å². The van der Waals surface area contributed by atoms with E-state index in [1.54, 1.807) is 11.3 Å². The molecule has 1 saturated heterocycles. The Hall–Kier alpha value is -2.22. The molecule has 0 atom stereocenters. The van der Waals surface area contributed by atoms with Crippen molar-refractivity contribution in [1.82, 2.24) is 9.80 Å². The molecule has 2 aliphatic rings. The molecule has 1 aromatic heterocycles. The summed E-state index contributed by atoms with van der Waals surface area (Å²) in [5, 5.41) is 6.75. The first kappa shape index (κ1) is 20.1. The second kappa shape index (κ2) is 8.65. The predicted molar refractivity (Wildman–Crippen MR) is 118 cm³/mol. The number of rotatable bonds is 5. The van der Waals surface area contributed by atoms with Crippen molar-refractivity contribution in [3.8, 4) is 0 Å². The average Bonchev–Trinajstić information content (AvgIpc) is 3.24. The molecule has 154 valence electrons. The minimum atomic E-state index is -0.134. The number of benzene rings is 1. The molecule has 4 rings (SSSR count). The third-order valence-corrected chi connectivity index (χ3v) is 6.85. The minimum Gasteiger partial charge on any atom is -0.322 e. The summed E-state index contributed by atoms with van der Waals surface area (Å²) in [6.45, 7) is 6.11. The van der Waals surface area contributed by atoms with Crippen molar-refractivity contribution in [2.45, 2.75) is 26.2 Å². The van der Waals surface area contributed by atoms with Crippen molar-refractivity contribution in [2.75, 3.05) is 50.4 Å². The smallest absolute Gasteiger partial charge is 0.258 e. The number of hydrogen-bond donors (Lipinski definition) is 2. The summed E-state index contributed by atoms with van der Waals surface area (Å²) >= 11 is 1.56. The zero-order valence-electron chi connectivity index (χ0n) is 17.1. The quantitative estimate of drug-likeness (QED) is 0.793. The number of anilines is 2. The normalized spacial score (nSPS) is 17.2. The molecule has 2 amide bonds. The molecule has 1 aliphatic heterocycles. The fourth-order valence-corrected chi connectivity index (χ4v) is 5.33. The van der Waals surface area contributed by atoms with Gasteiger partial charge in [-0.3, -0.25) is 14.5 Å². The van der Waals surface area contributed by atoms with Crippen LogP contribution in [0.2, 0.25) is 0 Å². The standard InChI is InChI=1S/C22H28N4O2S/c1-15-5-3-6-16(13-15)23-21(28)20-17-7-4-8-18(17)29-22(20)24-19(27)14-26-11-9-25(2)10-12-26/h3,5-6,13H,4,7-12,14H2,1-2H3,(H,23,28)(H,24,27). The van der Waals surface area contributed by atoms with Crippen LogP contribution in [0.4, 0.5) is 10.7 Å². The number of carbonyl (C=O) groups excluding carboxylic acids is 2. The fourth-order valence-electron chi connectivity index (χ4n) is 4.02. The van der Waals surface area contributed by atoms with Gasteiger partial charge in [-0.05, 0) is 56.5 Å². The lowest BCUT2D eigenvalue weighted by atomic mass is 10.1. The molecule has 0 unspecified atom stereocenters. The summed E-state index contributed by atoms with van der Waals surface area (Å²) in [5.41, 5.74) is 3.63. The third kappa shape index (κ3) is 4.69. The number of amides is 2. The summed E-state index contributed by atoms with van der Waals surface area (Å²) in [6, 6.07) is 7.78. The van der Waals surface area contributed by atoms with Crippen molar-refractivity contribution in [2.24, 2.45) is 0 Å². The van der Waals surface area contributed by atoms with Gasteiger partial charge < -0.3 is 15.5 Å². The van der Waals surface area contributed by atoms with Gasteiger partial charge in [0.1, 0.15) is 5.00 Å². The third-order valence-electron chi connectivity index (χ3n) is 5.64. The van der Waals surface area contributed by atoms with E-state index in [-0.39, 0.29) is 11.8 Å². The maximum atomic E-state index is 13.1. The van der Waals surface area contributed by atoms with Gasteiger partial charge in [0.25, 0.3) is 5.91 Å². The van der Waals surface area contributed by atoms with Gasteiger partial charge in [-0.25, -0.2) is 0 Å². The first-order valence-electron chi connectivity index (χ1n) is 10.2. The summed E-state index contributed by atoms with van der Waals surface area (Å²) in [6.07, 6.45) is 2.96. The number of carbonyl (C=O) groups is 2. The molecule has 1 aliphatic carbocycles. The monoisotopic (exact) mass is 412 g/mol. The van der Waals surface area contributed by atoms with Gasteiger partial charge in [0.05, 0.1) is 12.1 Å². The molecular weight excluding hydrogens is 384 g/mol. The molecular formula is C22H28N4O2S. The molecule has 1 aromatic carbocycles. The number of nitrogens with zero attached hydrogens (tertiary/aromatic N) is 2. The Labute approximate surface area is 175 Å². The number of hydrogen-bond acceptors (Lipinski definition) is 5. The molecule has 0 radical (unpaired) electrons. The number of thiophene rings is 1. The van der Waals surface area contributed by atoms with Crippen LogP contribution in [0.15, 0.2) is 24.3 Å². The second-order valence-corrected chi connectivity index (χ2v) is 9.12. The van der Waals surface area contributed by atoms with E-state index in [0.29, 0.717) is 17.1 Å². The summed E-state index contributed by atoms with van der Waals surface area (Å²) in [7, 11) is 2.10. The maximum absolute atomic E-state index is 13.1. The molecule has 1 fully saturated rings. The molecule has 7 heteroatoms. The highest BCUT2D eigenvalue weighted by Crippen LogP contribution is 2.39. The number of fused-ring (bicyclic) bond motifs is 1. The number of piperazine rings is 1. The fraction of sp³-hybridized carbons (Fsp3) is 0.455. The van der Waals surface area contributed by atoms with Crippen LogP contribution < -0.4 is 10.6 Å². The SMILES string of the molecule is Cc1cccc(NC(=O)c2c(NC(=O)CN3CCN(C)CC3)sc3c2CCC3)c1. The molecule has 2 aromatic rings. The van der Waals surface area contributed by atoms with Gasteiger partial charge in [0.15, 0.2) is 0 Å². The van der Waals surface area contributed by atoms with Crippen LogP contribution in [0.1, 0.15) is 32.8 Å². The van der Waals surface area contributed by atoms with Crippen LogP contribution in [0.5, 0.6) is 0 Å². The Balaban J connectivity index is 1.49.